The number of amides is 1. The summed E-state index contributed by atoms with van der Waals surface area (Å²) in [6.45, 7) is 1.22. The number of nitrogens with zero attached hydrogens (tertiary/aromatic N) is 1. The maximum atomic E-state index is 11.0. The topological polar surface area (TPSA) is 75.8 Å². The van der Waals surface area contributed by atoms with Gasteiger partial charge >= 0.3 is 6.09 Å². The van der Waals surface area contributed by atoms with Crippen molar-refractivity contribution in [2.75, 3.05) is 26.7 Å². The van der Waals surface area contributed by atoms with Crippen molar-refractivity contribution in [3.05, 3.63) is 0 Å². The van der Waals surface area contributed by atoms with E-state index in [-0.39, 0.29) is 5.92 Å². The van der Waals surface area contributed by atoms with E-state index < -0.39 is 12.2 Å². The molecule has 0 aromatic carbocycles. The summed E-state index contributed by atoms with van der Waals surface area (Å²) in [6, 6.07) is 0. The number of nitrogens with two attached hydrogens (primary N) is 1. The van der Waals surface area contributed by atoms with Crippen LogP contribution in [0.25, 0.3) is 0 Å². The highest BCUT2D eigenvalue weighted by molar-refractivity contribution is 5.67. The lowest BCUT2D eigenvalue weighted by molar-refractivity contribution is 0.120. The molecule has 5 heteroatoms. The number of hydrogen-bond donors (Lipinski definition) is 2. The minimum atomic E-state index is -0.505. The molecule has 1 aliphatic rings. The van der Waals surface area contributed by atoms with Gasteiger partial charge in [-0.2, -0.15) is 0 Å². The van der Waals surface area contributed by atoms with E-state index in [0.717, 1.165) is 0 Å². The van der Waals surface area contributed by atoms with Gasteiger partial charge < -0.3 is 20.5 Å². The van der Waals surface area contributed by atoms with Gasteiger partial charge in [0.15, 0.2) is 0 Å². The monoisotopic (exact) mass is 174 g/mol. The molecule has 1 fully saturated rings. The normalized spacial score (nSPS) is 29.1. The summed E-state index contributed by atoms with van der Waals surface area (Å²) in [7, 11) is 1.32. The number of rotatable bonds is 1. The zero-order chi connectivity index (χ0) is 9.14. The summed E-state index contributed by atoms with van der Waals surface area (Å²) in [4.78, 5) is 12.4. The third-order valence-electron chi connectivity index (χ3n) is 2.14. The number of ether oxygens (including phenoxy) is 1. The number of carbonyl (C=O) groups is 1. The molecule has 1 heterocycles. The zero-order valence-corrected chi connectivity index (χ0v) is 7.06. The van der Waals surface area contributed by atoms with E-state index in [1.807, 2.05) is 0 Å². The molecule has 0 aromatic rings. The Morgan fingerprint density at radius 2 is 2.42 bits per heavy atom. The predicted octanol–water partition coefficient (Wildman–Crippen LogP) is -0.996. The third-order valence-corrected chi connectivity index (χ3v) is 2.14. The second-order valence-corrected chi connectivity index (χ2v) is 2.94. The number of carbonyl (C=O) groups excluding carboxylic acids is 1. The van der Waals surface area contributed by atoms with Crippen molar-refractivity contribution in [3.63, 3.8) is 0 Å². The zero-order valence-electron chi connectivity index (χ0n) is 7.06. The molecule has 0 radical (unpaired) electrons. The number of hydrogen-bond acceptors (Lipinski definition) is 4. The van der Waals surface area contributed by atoms with E-state index in [9.17, 15) is 9.90 Å². The lowest BCUT2D eigenvalue weighted by Crippen LogP contribution is -2.29. The van der Waals surface area contributed by atoms with E-state index in [4.69, 9.17) is 5.73 Å². The minimum Gasteiger partial charge on any atom is -0.453 e. The van der Waals surface area contributed by atoms with Crippen molar-refractivity contribution in [2.45, 2.75) is 6.10 Å². The maximum Gasteiger partial charge on any atom is 0.409 e. The fourth-order valence-corrected chi connectivity index (χ4v) is 1.36. The van der Waals surface area contributed by atoms with Gasteiger partial charge in [-0.25, -0.2) is 4.79 Å². The van der Waals surface area contributed by atoms with Crippen LogP contribution in [0.5, 0.6) is 0 Å². The largest absolute Gasteiger partial charge is 0.453 e. The number of aliphatic hydroxyl groups excluding tert-OH is 1. The molecule has 1 amide bonds. The van der Waals surface area contributed by atoms with Gasteiger partial charge in [-0.3, -0.25) is 0 Å². The number of aliphatic hydroxyl groups is 1. The number of likely N-dealkylation sites (tertiary alicyclic amines) is 1. The van der Waals surface area contributed by atoms with Crippen LogP contribution >= 0.6 is 0 Å². The molecule has 0 aliphatic carbocycles. The van der Waals surface area contributed by atoms with Crippen LogP contribution in [0.3, 0.4) is 0 Å². The van der Waals surface area contributed by atoms with Gasteiger partial charge in [0, 0.05) is 12.5 Å². The van der Waals surface area contributed by atoms with Gasteiger partial charge in [-0.1, -0.05) is 0 Å². The Kier molecular flexibility index (Phi) is 2.88. The highest BCUT2D eigenvalue weighted by Gasteiger charge is 2.33. The minimum absolute atomic E-state index is 0.0101. The average molecular weight is 174 g/mol. The smallest absolute Gasteiger partial charge is 0.409 e. The van der Waals surface area contributed by atoms with Crippen LogP contribution < -0.4 is 5.73 Å². The van der Waals surface area contributed by atoms with Crippen molar-refractivity contribution in [1.29, 1.82) is 0 Å². The molecule has 0 bridgehead atoms. The van der Waals surface area contributed by atoms with Crippen molar-refractivity contribution < 1.29 is 14.6 Å². The Balaban J connectivity index is 2.48. The molecule has 1 saturated heterocycles. The van der Waals surface area contributed by atoms with Crippen LogP contribution in [0.15, 0.2) is 0 Å². The molecule has 5 nitrogen and oxygen atoms in total. The molecular weight excluding hydrogens is 160 g/mol. The molecule has 0 spiro atoms. The molecule has 70 valence electrons. The molecular formula is C7H14N2O3. The van der Waals surface area contributed by atoms with Gasteiger partial charge in [0.1, 0.15) is 0 Å². The fourth-order valence-electron chi connectivity index (χ4n) is 1.36. The summed E-state index contributed by atoms with van der Waals surface area (Å²) in [5.74, 6) is -0.0101. The second kappa shape index (κ2) is 3.73. The van der Waals surface area contributed by atoms with Crippen LogP contribution in [0.2, 0.25) is 0 Å². The van der Waals surface area contributed by atoms with Crippen LogP contribution in [0.4, 0.5) is 4.79 Å². The van der Waals surface area contributed by atoms with E-state index >= 15 is 0 Å². The summed E-state index contributed by atoms with van der Waals surface area (Å²) >= 11 is 0. The molecule has 0 aromatic heterocycles. The fraction of sp³-hybridized carbons (Fsp3) is 0.857. The van der Waals surface area contributed by atoms with Gasteiger partial charge in [0.25, 0.3) is 0 Å². The van der Waals surface area contributed by atoms with Crippen LogP contribution in [0.1, 0.15) is 0 Å². The van der Waals surface area contributed by atoms with E-state index in [0.29, 0.717) is 19.6 Å². The summed E-state index contributed by atoms with van der Waals surface area (Å²) in [6.07, 6.45) is -0.904. The Morgan fingerprint density at radius 1 is 1.75 bits per heavy atom. The Morgan fingerprint density at radius 3 is 2.83 bits per heavy atom. The highest BCUT2D eigenvalue weighted by atomic mass is 16.5. The van der Waals surface area contributed by atoms with Crippen LogP contribution in [0, 0.1) is 5.92 Å². The number of methoxy groups -OCH3 is 1. The van der Waals surface area contributed by atoms with E-state index in [2.05, 4.69) is 4.74 Å². The quantitative estimate of drug-likeness (QED) is 0.535. The third kappa shape index (κ3) is 1.67. The van der Waals surface area contributed by atoms with E-state index in [1.54, 1.807) is 0 Å². The average Bonchev–Trinajstić information content (AvgIpc) is 2.45. The highest BCUT2D eigenvalue weighted by Crippen LogP contribution is 2.16. The van der Waals surface area contributed by atoms with Crippen molar-refractivity contribution in [1.82, 2.24) is 4.90 Å². The van der Waals surface area contributed by atoms with E-state index in [1.165, 1.54) is 12.0 Å². The van der Waals surface area contributed by atoms with Crippen LogP contribution in [-0.2, 0) is 4.74 Å². The predicted molar refractivity (Wildman–Crippen MR) is 42.5 cm³/mol. The maximum absolute atomic E-state index is 11.0. The first-order chi connectivity index (χ1) is 5.69. The standard InChI is InChI=1S/C7H14N2O3/c1-12-7(11)9-3-5(2-8)6(10)4-9/h5-6,10H,2-4,8H2,1H3. The van der Waals surface area contributed by atoms with Gasteiger partial charge in [-0.05, 0) is 6.54 Å². The SMILES string of the molecule is COC(=O)N1CC(O)C(CN)C1. The van der Waals surface area contributed by atoms with Crippen molar-refractivity contribution in [2.24, 2.45) is 11.7 Å². The summed E-state index contributed by atoms with van der Waals surface area (Å²) in [5.41, 5.74) is 5.39. The van der Waals surface area contributed by atoms with Crippen molar-refractivity contribution in [3.8, 4) is 0 Å². The van der Waals surface area contributed by atoms with Gasteiger partial charge in [-0.15, -0.1) is 0 Å². The molecule has 3 N–H and O–H groups in total. The molecule has 2 atom stereocenters. The molecule has 0 saturated carbocycles. The van der Waals surface area contributed by atoms with Crippen LogP contribution in [-0.4, -0.2) is 48.9 Å². The molecule has 1 aliphatic heterocycles. The van der Waals surface area contributed by atoms with Crippen molar-refractivity contribution >= 4 is 6.09 Å². The first-order valence-electron chi connectivity index (χ1n) is 3.90. The first-order valence-corrected chi connectivity index (χ1v) is 3.90. The Bertz CT molecular complexity index is 174. The second-order valence-electron chi connectivity index (χ2n) is 2.94. The summed E-state index contributed by atoms with van der Waals surface area (Å²) < 4.78 is 4.51. The lowest BCUT2D eigenvalue weighted by Gasteiger charge is -2.12. The molecule has 2 unspecified atom stereocenters. The van der Waals surface area contributed by atoms with Gasteiger partial charge in [0.05, 0.1) is 19.8 Å². The molecule has 12 heavy (non-hydrogen) atoms. The molecule has 1 rings (SSSR count). The van der Waals surface area contributed by atoms with Gasteiger partial charge in [0.2, 0.25) is 0 Å². The Labute approximate surface area is 71.1 Å². The Hall–Kier alpha value is -0.810. The lowest BCUT2D eigenvalue weighted by atomic mass is 10.1. The summed E-state index contributed by atoms with van der Waals surface area (Å²) in [5, 5.41) is 9.37. The first kappa shape index (κ1) is 9.28. The number of β-amino-alcohol motifs (C(OH)–C–C–N with tert-alkyl or cyclic N) is 1.